The molecule has 3 nitrogen and oxygen atoms in total. The lowest BCUT2D eigenvalue weighted by Crippen LogP contribution is -2.69. The molecular weight excluding hydrogens is 224 g/mol. The normalized spacial score (nSPS) is 25.0. The number of hydrogen-bond donors (Lipinski definition) is 1. The van der Waals surface area contributed by atoms with E-state index in [-0.39, 0.29) is 5.54 Å². The summed E-state index contributed by atoms with van der Waals surface area (Å²) in [6.45, 7) is 14.7. The Bertz CT molecular complexity index is 249. The Labute approximate surface area is 113 Å². The van der Waals surface area contributed by atoms with Gasteiger partial charge in [0, 0.05) is 43.9 Å². The minimum absolute atomic E-state index is 0.217. The van der Waals surface area contributed by atoms with Crippen LogP contribution in [-0.2, 0) is 4.74 Å². The third kappa shape index (κ3) is 3.46. The standard InChI is InChI=1S/C15H32N2O/c1-7-15(8-2)11-16-14(4,5)12-17(15)13(3)9-10-18-6/h13,16H,7-12H2,1-6H3. The molecule has 108 valence electrons. The summed E-state index contributed by atoms with van der Waals surface area (Å²) in [6, 6.07) is 0.589. The predicted octanol–water partition coefficient (Wildman–Crippen LogP) is 2.65. The van der Waals surface area contributed by atoms with Crippen LogP contribution in [0.3, 0.4) is 0 Å². The average molecular weight is 256 g/mol. The summed E-state index contributed by atoms with van der Waals surface area (Å²) in [5, 5.41) is 3.72. The third-order valence-electron chi connectivity index (χ3n) is 4.66. The summed E-state index contributed by atoms with van der Waals surface area (Å²) < 4.78 is 5.25. The Kier molecular flexibility index (Phi) is 5.63. The van der Waals surface area contributed by atoms with Crippen LogP contribution in [0.5, 0.6) is 0 Å². The molecule has 18 heavy (non-hydrogen) atoms. The smallest absolute Gasteiger partial charge is 0.0477 e. The van der Waals surface area contributed by atoms with Crippen molar-refractivity contribution in [2.75, 3.05) is 26.8 Å². The topological polar surface area (TPSA) is 24.5 Å². The lowest BCUT2D eigenvalue weighted by Gasteiger charge is -2.55. The van der Waals surface area contributed by atoms with E-state index in [1.807, 2.05) is 0 Å². The monoisotopic (exact) mass is 256 g/mol. The fourth-order valence-corrected chi connectivity index (χ4v) is 3.13. The maximum absolute atomic E-state index is 5.25. The lowest BCUT2D eigenvalue weighted by molar-refractivity contribution is -0.0266. The molecule has 0 spiro atoms. The quantitative estimate of drug-likeness (QED) is 0.791. The van der Waals surface area contributed by atoms with E-state index in [9.17, 15) is 0 Å². The second-order valence-electron chi connectivity index (χ2n) is 6.43. The van der Waals surface area contributed by atoms with Crippen LogP contribution in [0.25, 0.3) is 0 Å². The van der Waals surface area contributed by atoms with Gasteiger partial charge in [0.2, 0.25) is 0 Å². The van der Waals surface area contributed by atoms with Crippen molar-refractivity contribution < 1.29 is 4.74 Å². The number of piperazine rings is 1. The molecule has 1 unspecified atom stereocenters. The number of ether oxygens (including phenoxy) is 1. The van der Waals surface area contributed by atoms with E-state index >= 15 is 0 Å². The third-order valence-corrected chi connectivity index (χ3v) is 4.66. The Morgan fingerprint density at radius 3 is 2.39 bits per heavy atom. The zero-order chi connectivity index (χ0) is 13.8. The van der Waals surface area contributed by atoms with Crippen molar-refractivity contribution in [1.29, 1.82) is 0 Å². The van der Waals surface area contributed by atoms with Gasteiger partial charge in [-0.05, 0) is 40.0 Å². The first kappa shape index (κ1) is 15.9. The molecule has 3 heteroatoms. The van der Waals surface area contributed by atoms with Gasteiger partial charge in [-0.2, -0.15) is 0 Å². The van der Waals surface area contributed by atoms with Crippen molar-refractivity contribution in [3.05, 3.63) is 0 Å². The van der Waals surface area contributed by atoms with Gasteiger partial charge in [-0.3, -0.25) is 4.90 Å². The van der Waals surface area contributed by atoms with Crippen LogP contribution >= 0.6 is 0 Å². The summed E-state index contributed by atoms with van der Waals surface area (Å²) in [7, 11) is 1.79. The minimum atomic E-state index is 0.217. The first-order valence-corrected chi connectivity index (χ1v) is 7.41. The fourth-order valence-electron chi connectivity index (χ4n) is 3.13. The zero-order valence-electron chi connectivity index (χ0n) is 13.2. The highest BCUT2D eigenvalue weighted by Crippen LogP contribution is 2.32. The van der Waals surface area contributed by atoms with E-state index in [0.29, 0.717) is 11.6 Å². The van der Waals surface area contributed by atoms with Crippen molar-refractivity contribution in [2.45, 2.75) is 71.0 Å². The zero-order valence-corrected chi connectivity index (χ0v) is 13.2. The van der Waals surface area contributed by atoms with Gasteiger partial charge >= 0.3 is 0 Å². The average Bonchev–Trinajstić information content (AvgIpc) is 2.36. The highest BCUT2D eigenvalue weighted by Gasteiger charge is 2.43. The van der Waals surface area contributed by atoms with Gasteiger partial charge in [0.05, 0.1) is 0 Å². The van der Waals surface area contributed by atoms with Crippen LogP contribution in [0.15, 0.2) is 0 Å². The molecule has 1 rings (SSSR count). The molecule has 1 N–H and O–H groups in total. The summed E-state index contributed by atoms with van der Waals surface area (Å²) in [5.41, 5.74) is 0.540. The van der Waals surface area contributed by atoms with Crippen molar-refractivity contribution >= 4 is 0 Å². The Balaban J connectivity index is 2.83. The van der Waals surface area contributed by atoms with Crippen molar-refractivity contribution in [1.82, 2.24) is 10.2 Å². The van der Waals surface area contributed by atoms with E-state index in [4.69, 9.17) is 4.74 Å². The van der Waals surface area contributed by atoms with Crippen molar-refractivity contribution in [3.63, 3.8) is 0 Å². The molecule has 1 aliphatic heterocycles. The Morgan fingerprint density at radius 2 is 1.89 bits per heavy atom. The molecule has 0 aromatic rings. The highest BCUT2D eigenvalue weighted by molar-refractivity contribution is 5.02. The van der Waals surface area contributed by atoms with Crippen LogP contribution in [0, 0.1) is 0 Å². The van der Waals surface area contributed by atoms with Gasteiger partial charge in [-0.1, -0.05) is 13.8 Å². The van der Waals surface area contributed by atoms with E-state index in [0.717, 1.165) is 26.1 Å². The molecule has 1 atom stereocenters. The maximum atomic E-state index is 5.25. The number of nitrogens with zero attached hydrogens (tertiary/aromatic N) is 1. The predicted molar refractivity (Wildman–Crippen MR) is 78.1 cm³/mol. The van der Waals surface area contributed by atoms with Gasteiger partial charge in [0.15, 0.2) is 0 Å². The van der Waals surface area contributed by atoms with Gasteiger partial charge in [0.25, 0.3) is 0 Å². The first-order chi connectivity index (χ1) is 8.40. The van der Waals surface area contributed by atoms with E-state index in [2.05, 4.69) is 44.8 Å². The van der Waals surface area contributed by atoms with Gasteiger partial charge in [-0.25, -0.2) is 0 Å². The molecule has 1 aliphatic rings. The SMILES string of the molecule is CCC1(CC)CNC(C)(C)CN1C(C)CCOC. The molecule has 0 amide bonds. The Morgan fingerprint density at radius 1 is 1.28 bits per heavy atom. The van der Waals surface area contributed by atoms with Gasteiger partial charge in [-0.15, -0.1) is 0 Å². The van der Waals surface area contributed by atoms with Crippen molar-refractivity contribution in [3.8, 4) is 0 Å². The summed E-state index contributed by atoms with van der Waals surface area (Å²) in [6.07, 6.45) is 3.54. The van der Waals surface area contributed by atoms with Crippen molar-refractivity contribution in [2.24, 2.45) is 0 Å². The fraction of sp³-hybridized carbons (Fsp3) is 1.00. The van der Waals surface area contributed by atoms with Crippen LogP contribution < -0.4 is 5.32 Å². The molecule has 0 aromatic heterocycles. The lowest BCUT2D eigenvalue weighted by atomic mass is 9.82. The van der Waals surface area contributed by atoms with Crippen LogP contribution in [-0.4, -0.2) is 48.8 Å². The second-order valence-corrected chi connectivity index (χ2v) is 6.43. The molecule has 1 fully saturated rings. The number of nitrogens with one attached hydrogen (secondary N) is 1. The van der Waals surface area contributed by atoms with Crippen LogP contribution in [0.4, 0.5) is 0 Å². The number of methoxy groups -OCH3 is 1. The number of rotatable bonds is 6. The largest absolute Gasteiger partial charge is 0.385 e. The molecule has 0 radical (unpaired) electrons. The van der Waals surface area contributed by atoms with E-state index in [1.54, 1.807) is 7.11 Å². The first-order valence-electron chi connectivity index (χ1n) is 7.41. The summed E-state index contributed by atoms with van der Waals surface area (Å²) in [4.78, 5) is 2.72. The molecule has 1 heterocycles. The molecule has 0 saturated carbocycles. The highest BCUT2D eigenvalue weighted by atomic mass is 16.5. The Hall–Kier alpha value is -0.120. The minimum Gasteiger partial charge on any atom is -0.385 e. The van der Waals surface area contributed by atoms with Crippen LogP contribution in [0.1, 0.15) is 53.9 Å². The molecule has 1 saturated heterocycles. The summed E-state index contributed by atoms with van der Waals surface area (Å²) in [5.74, 6) is 0. The van der Waals surface area contributed by atoms with E-state index in [1.165, 1.54) is 12.8 Å². The molecule has 0 aliphatic carbocycles. The maximum Gasteiger partial charge on any atom is 0.0477 e. The molecule has 0 aromatic carbocycles. The molecule has 0 bridgehead atoms. The molecular formula is C15H32N2O. The van der Waals surface area contributed by atoms with E-state index < -0.39 is 0 Å². The summed E-state index contributed by atoms with van der Waals surface area (Å²) >= 11 is 0. The second kappa shape index (κ2) is 6.36. The van der Waals surface area contributed by atoms with Gasteiger partial charge < -0.3 is 10.1 Å². The number of hydrogen-bond acceptors (Lipinski definition) is 3. The van der Waals surface area contributed by atoms with Gasteiger partial charge in [0.1, 0.15) is 0 Å². The van der Waals surface area contributed by atoms with Crippen LogP contribution in [0.2, 0.25) is 0 Å².